The highest BCUT2D eigenvalue weighted by molar-refractivity contribution is 5.93. The number of fused-ring (bicyclic) bond motifs is 1. The summed E-state index contributed by atoms with van der Waals surface area (Å²) in [7, 11) is 0. The molecule has 0 aliphatic carbocycles. The van der Waals surface area contributed by atoms with Crippen LogP contribution in [0.1, 0.15) is 39.7 Å². The third kappa shape index (κ3) is 5.08. The van der Waals surface area contributed by atoms with Crippen molar-refractivity contribution in [1.82, 2.24) is 4.57 Å². The van der Waals surface area contributed by atoms with E-state index in [0.717, 1.165) is 5.39 Å². The molecule has 2 aromatic rings. The van der Waals surface area contributed by atoms with Crippen LogP contribution in [0.2, 0.25) is 0 Å². The normalized spacial score (nSPS) is 11.2. The molecule has 7 nitrogen and oxygen atoms in total. The van der Waals surface area contributed by atoms with Crippen LogP contribution < -0.4 is 0 Å². The number of hydrogen-bond donors (Lipinski definition) is 0. The van der Waals surface area contributed by atoms with E-state index in [2.05, 4.69) is 0 Å². The lowest BCUT2D eigenvalue weighted by atomic mass is 10.2. The Morgan fingerprint density at radius 3 is 2.35 bits per heavy atom. The van der Waals surface area contributed by atoms with Crippen LogP contribution in [0.25, 0.3) is 10.9 Å². The van der Waals surface area contributed by atoms with Gasteiger partial charge in [-0.2, -0.15) is 0 Å². The molecule has 0 saturated carbocycles. The van der Waals surface area contributed by atoms with Crippen LogP contribution in [0.4, 0.5) is 4.79 Å². The molecular formula is C19H23NO6. The van der Waals surface area contributed by atoms with Crippen molar-refractivity contribution >= 4 is 28.9 Å². The number of esters is 2. The average Bonchev–Trinajstić information content (AvgIpc) is 2.90. The van der Waals surface area contributed by atoms with E-state index in [4.69, 9.17) is 14.2 Å². The summed E-state index contributed by atoms with van der Waals surface area (Å²) in [6.07, 6.45) is 0.618. The molecule has 0 radical (unpaired) electrons. The largest absolute Gasteiger partial charge is 0.466 e. The van der Waals surface area contributed by atoms with Gasteiger partial charge in [0.15, 0.2) is 0 Å². The van der Waals surface area contributed by atoms with Crippen molar-refractivity contribution < 1.29 is 28.6 Å². The van der Waals surface area contributed by atoms with Gasteiger partial charge in [0, 0.05) is 17.1 Å². The fraction of sp³-hybridized carbons (Fsp3) is 0.421. The highest BCUT2D eigenvalue weighted by atomic mass is 16.6. The molecule has 0 N–H and O–H groups in total. The van der Waals surface area contributed by atoms with Crippen LogP contribution in [0.15, 0.2) is 30.5 Å². The fourth-order valence-corrected chi connectivity index (χ4v) is 2.37. The average molecular weight is 361 g/mol. The van der Waals surface area contributed by atoms with Gasteiger partial charge in [0.1, 0.15) is 18.6 Å². The van der Waals surface area contributed by atoms with Gasteiger partial charge in [0.2, 0.25) is 0 Å². The SMILES string of the molecule is CCOC(=O)CC(=O)OCc1cn(C(=O)OC(C)(C)C)c2ccccc12. The lowest BCUT2D eigenvalue weighted by Crippen LogP contribution is -2.26. The van der Waals surface area contributed by atoms with E-state index in [0.29, 0.717) is 11.1 Å². The van der Waals surface area contributed by atoms with E-state index >= 15 is 0 Å². The molecule has 0 saturated heterocycles. The maximum atomic E-state index is 12.4. The lowest BCUT2D eigenvalue weighted by molar-refractivity contribution is -0.154. The Bertz CT molecular complexity index is 815. The number of hydrogen-bond acceptors (Lipinski definition) is 6. The number of nitrogens with zero attached hydrogens (tertiary/aromatic N) is 1. The number of ether oxygens (including phenoxy) is 3. The Morgan fingerprint density at radius 1 is 1.04 bits per heavy atom. The highest BCUT2D eigenvalue weighted by Gasteiger charge is 2.21. The van der Waals surface area contributed by atoms with Crippen LogP contribution in [0.3, 0.4) is 0 Å². The maximum absolute atomic E-state index is 12.4. The van der Waals surface area contributed by atoms with Crippen molar-refractivity contribution in [2.24, 2.45) is 0 Å². The molecule has 0 bridgehead atoms. The number of carbonyl (C=O) groups is 3. The molecule has 0 fully saturated rings. The molecule has 1 aromatic heterocycles. The first kappa shape index (κ1) is 19.5. The van der Waals surface area contributed by atoms with E-state index < -0.39 is 30.1 Å². The third-order valence-electron chi connectivity index (χ3n) is 3.37. The topological polar surface area (TPSA) is 83.8 Å². The first-order chi connectivity index (χ1) is 12.2. The first-order valence-electron chi connectivity index (χ1n) is 8.35. The molecule has 140 valence electrons. The second kappa shape index (κ2) is 8.03. The van der Waals surface area contributed by atoms with Gasteiger partial charge in [-0.15, -0.1) is 0 Å². The van der Waals surface area contributed by atoms with Gasteiger partial charge >= 0.3 is 18.0 Å². The molecule has 7 heteroatoms. The zero-order valence-electron chi connectivity index (χ0n) is 15.4. The van der Waals surface area contributed by atoms with E-state index in [9.17, 15) is 14.4 Å². The number of carbonyl (C=O) groups excluding carboxylic acids is 3. The number of aromatic nitrogens is 1. The number of benzene rings is 1. The molecule has 26 heavy (non-hydrogen) atoms. The fourth-order valence-electron chi connectivity index (χ4n) is 2.37. The molecule has 0 atom stereocenters. The molecule has 0 amide bonds. The van der Waals surface area contributed by atoms with Gasteiger partial charge in [-0.1, -0.05) is 18.2 Å². The molecule has 0 unspecified atom stereocenters. The second-order valence-electron chi connectivity index (χ2n) is 6.66. The second-order valence-corrected chi connectivity index (χ2v) is 6.66. The third-order valence-corrected chi connectivity index (χ3v) is 3.37. The predicted molar refractivity (Wildman–Crippen MR) is 94.6 cm³/mol. The Hall–Kier alpha value is -2.83. The van der Waals surface area contributed by atoms with Crippen LogP contribution in [-0.2, 0) is 30.4 Å². The van der Waals surface area contributed by atoms with Crippen molar-refractivity contribution in [2.75, 3.05) is 6.61 Å². The minimum atomic E-state index is -0.683. The van der Waals surface area contributed by atoms with E-state index in [-0.39, 0.29) is 13.2 Å². The van der Waals surface area contributed by atoms with Crippen LogP contribution in [0, 0.1) is 0 Å². The summed E-state index contributed by atoms with van der Waals surface area (Å²) in [5, 5.41) is 0.766. The number of para-hydroxylation sites is 1. The quantitative estimate of drug-likeness (QED) is 0.461. The summed E-state index contributed by atoms with van der Waals surface area (Å²) < 4.78 is 16.6. The summed E-state index contributed by atoms with van der Waals surface area (Å²) in [4.78, 5) is 35.5. The first-order valence-corrected chi connectivity index (χ1v) is 8.35. The van der Waals surface area contributed by atoms with E-state index in [1.807, 2.05) is 12.1 Å². The van der Waals surface area contributed by atoms with Crippen LogP contribution >= 0.6 is 0 Å². The van der Waals surface area contributed by atoms with Crippen LogP contribution in [-0.4, -0.2) is 34.8 Å². The number of rotatable bonds is 5. The summed E-state index contributed by atoms with van der Waals surface area (Å²) in [6.45, 7) is 7.16. The van der Waals surface area contributed by atoms with Crippen molar-refractivity contribution in [2.45, 2.75) is 46.3 Å². The standard InChI is InChI=1S/C19H23NO6/c1-5-24-16(21)10-17(22)25-12-13-11-20(18(23)26-19(2,3)4)15-9-7-6-8-14(13)15/h6-9,11H,5,10,12H2,1-4H3. The lowest BCUT2D eigenvalue weighted by Gasteiger charge is -2.19. The summed E-state index contributed by atoms with van der Waals surface area (Å²) in [5.41, 5.74) is 0.663. The van der Waals surface area contributed by atoms with Gasteiger partial charge in [-0.3, -0.25) is 14.2 Å². The Kier molecular flexibility index (Phi) is 6.02. The van der Waals surface area contributed by atoms with E-state index in [1.54, 1.807) is 46.0 Å². The zero-order valence-corrected chi connectivity index (χ0v) is 15.4. The molecule has 1 aromatic carbocycles. The predicted octanol–water partition coefficient (Wildman–Crippen LogP) is 3.42. The Balaban J connectivity index is 2.17. The van der Waals surface area contributed by atoms with Crippen molar-refractivity contribution in [3.63, 3.8) is 0 Å². The maximum Gasteiger partial charge on any atom is 0.419 e. The van der Waals surface area contributed by atoms with Gasteiger partial charge in [-0.05, 0) is 33.8 Å². The Labute approximate surface area is 151 Å². The van der Waals surface area contributed by atoms with Gasteiger partial charge in [-0.25, -0.2) is 4.79 Å². The van der Waals surface area contributed by atoms with Crippen LogP contribution in [0.5, 0.6) is 0 Å². The van der Waals surface area contributed by atoms with Crippen molar-refractivity contribution in [3.8, 4) is 0 Å². The molecule has 1 heterocycles. The van der Waals surface area contributed by atoms with Gasteiger partial charge in [0.25, 0.3) is 0 Å². The summed E-state index contributed by atoms with van der Waals surface area (Å²) in [5.74, 6) is -1.31. The van der Waals surface area contributed by atoms with Gasteiger partial charge < -0.3 is 14.2 Å². The zero-order chi connectivity index (χ0) is 19.3. The highest BCUT2D eigenvalue weighted by Crippen LogP contribution is 2.23. The Morgan fingerprint density at radius 2 is 1.69 bits per heavy atom. The molecule has 0 aliphatic heterocycles. The minimum Gasteiger partial charge on any atom is -0.466 e. The minimum absolute atomic E-state index is 0.0610. The summed E-state index contributed by atoms with van der Waals surface area (Å²) in [6, 6.07) is 7.24. The molecule has 0 aliphatic rings. The van der Waals surface area contributed by atoms with E-state index in [1.165, 1.54) is 4.57 Å². The summed E-state index contributed by atoms with van der Waals surface area (Å²) >= 11 is 0. The smallest absolute Gasteiger partial charge is 0.419 e. The molecule has 2 rings (SSSR count). The van der Waals surface area contributed by atoms with Crippen molar-refractivity contribution in [1.29, 1.82) is 0 Å². The molecule has 0 spiro atoms. The monoisotopic (exact) mass is 361 g/mol. The molecular weight excluding hydrogens is 338 g/mol. The van der Waals surface area contributed by atoms with Gasteiger partial charge in [0.05, 0.1) is 12.1 Å². The van der Waals surface area contributed by atoms with Crippen molar-refractivity contribution in [3.05, 3.63) is 36.0 Å².